The summed E-state index contributed by atoms with van der Waals surface area (Å²) in [6.45, 7) is -0.588. The SMILES string of the molecule is COc1ccc2c(Cl)c(C(=O)OCC(=O)Nc3ccccc3F)sc2c1Cl. The molecule has 1 N–H and O–H groups in total. The first-order chi connectivity index (χ1) is 12.9. The van der Waals surface area contributed by atoms with Gasteiger partial charge in [0.15, 0.2) is 6.61 Å². The van der Waals surface area contributed by atoms with Crippen molar-refractivity contribution in [2.24, 2.45) is 0 Å². The third kappa shape index (κ3) is 4.00. The molecule has 0 aliphatic rings. The second-order valence-corrected chi connectivity index (χ2v) is 7.08. The minimum atomic E-state index is -0.778. The molecule has 1 heterocycles. The van der Waals surface area contributed by atoms with Crippen molar-refractivity contribution in [3.8, 4) is 5.75 Å². The maximum absolute atomic E-state index is 13.5. The molecule has 5 nitrogen and oxygen atoms in total. The molecular weight excluding hydrogens is 416 g/mol. The van der Waals surface area contributed by atoms with E-state index in [1.807, 2.05) is 0 Å². The lowest BCUT2D eigenvalue weighted by molar-refractivity contribution is -0.119. The Balaban J connectivity index is 1.73. The molecule has 0 bridgehead atoms. The number of rotatable bonds is 5. The van der Waals surface area contributed by atoms with Crippen LogP contribution in [0.4, 0.5) is 10.1 Å². The third-order valence-corrected chi connectivity index (χ3v) is 5.78. The van der Waals surface area contributed by atoms with Gasteiger partial charge in [0.2, 0.25) is 0 Å². The largest absolute Gasteiger partial charge is 0.495 e. The van der Waals surface area contributed by atoms with Crippen molar-refractivity contribution in [3.63, 3.8) is 0 Å². The molecule has 1 amide bonds. The van der Waals surface area contributed by atoms with Crippen molar-refractivity contribution in [2.45, 2.75) is 0 Å². The van der Waals surface area contributed by atoms with Crippen LogP contribution < -0.4 is 10.1 Å². The van der Waals surface area contributed by atoms with Gasteiger partial charge in [0.1, 0.15) is 21.5 Å². The van der Waals surface area contributed by atoms with Gasteiger partial charge in [0, 0.05) is 5.39 Å². The van der Waals surface area contributed by atoms with Crippen molar-refractivity contribution < 1.29 is 23.5 Å². The summed E-state index contributed by atoms with van der Waals surface area (Å²) >= 11 is 13.5. The first-order valence-corrected chi connectivity index (χ1v) is 9.15. The molecule has 0 fully saturated rings. The number of fused-ring (bicyclic) bond motifs is 1. The number of carbonyl (C=O) groups excluding carboxylic acids is 2. The summed E-state index contributed by atoms with van der Waals surface area (Å²) in [6.07, 6.45) is 0. The molecule has 9 heteroatoms. The van der Waals surface area contributed by atoms with Crippen molar-refractivity contribution in [1.82, 2.24) is 0 Å². The number of benzene rings is 2. The Kier molecular flexibility index (Phi) is 5.84. The van der Waals surface area contributed by atoms with Crippen molar-refractivity contribution >= 4 is 62.2 Å². The van der Waals surface area contributed by atoms with Gasteiger partial charge in [-0.3, -0.25) is 4.79 Å². The normalized spacial score (nSPS) is 10.7. The number of nitrogens with one attached hydrogen (secondary N) is 1. The Bertz CT molecular complexity index is 1040. The monoisotopic (exact) mass is 427 g/mol. The van der Waals surface area contributed by atoms with Crippen molar-refractivity contribution in [3.05, 3.63) is 57.1 Å². The second kappa shape index (κ2) is 8.12. The Morgan fingerprint density at radius 1 is 1.15 bits per heavy atom. The summed E-state index contributed by atoms with van der Waals surface area (Å²) in [5.41, 5.74) is -0.00248. The number of thiophene rings is 1. The first kappa shape index (κ1) is 19.4. The van der Waals surface area contributed by atoms with Crippen LogP contribution in [0, 0.1) is 5.82 Å². The Hall–Kier alpha value is -2.35. The van der Waals surface area contributed by atoms with Crippen LogP contribution in [0.2, 0.25) is 10.0 Å². The van der Waals surface area contributed by atoms with Crippen LogP contribution in [0.3, 0.4) is 0 Å². The van der Waals surface area contributed by atoms with Gasteiger partial charge in [0.25, 0.3) is 5.91 Å². The molecule has 140 valence electrons. The number of anilines is 1. The average molecular weight is 428 g/mol. The van der Waals surface area contributed by atoms with E-state index in [0.717, 1.165) is 11.3 Å². The zero-order chi connectivity index (χ0) is 19.6. The quantitative estimate of drug-likeness (QED) is 0.571. The summed E-state index contributed by atoms with van der Waals surface area (Å²) in [5, 5.41) is 3.41. The van der Waals surface area contributed by atoms with Crippen molar-refractivity contribution in [2.75, 3.05) is 19.0 Å². The molecule has 0 spiro atoms. The highest BCUT2D eigenvalue weighted by atomic mass is 35.5. The molecule has 1 aromatic heterocycles. The van der Waals surface area contributed by atoms with E-state index in [0.29, 0.717) is 20.9 Å². The van der Waals surface area contributed by atoms with Gasteiger partial charge in [-0.25, -0.2) is 9.18 Å². The minimum Gasteiger partial charge on any atom is -0.495 e. The molecular formula is C18H12Cl2FNO4S. The summed E-state index contributed by atoms with van der Waals surface area (Å²) in [6, 6.07) is 8.99. The fourth-order valence-corrected chi connectivity index (χ4v) is 4.09. The van der Waals surface area contributed by atoms with Gasteiger partial charge < -0.3 is 14.8 Å². The lowest BCUT2D eigenvalue weighted by atomic mass is 10.2. The molecule has 0 aliphatic carbocycles. The number of hydrogen-bond donors (Lipinski definition) is 1. The van der Waals surface area contributed by atoms with Crippen molar-refractivity contribution in [1.29, 1.82) is 0 Å². The minimum absolute atomic E-state index is 0.00248. The van der Waals surface area contributed by atoms with Gasteiger partial charge in [-0.05, 0) is 24.3 Å². The van der Waals surface area contributed by atoms with E-state index in [9.17, 15) is 14.0 Å². The summed E-state index contributed by atoms with van der Waals surface area (Å²) in [5.74, 6) is -1.59. The number of hydrogen-bond acceptors (Lipinski definition) is 5. The van der Waals surface area contributed by atoms with Gasteiger partial charge in [0.05, 0.1) is 22.5 Å². The van der Waals surface area contributed by atoms with E-state index < -0.39 is 24.3 Å². The Labute approximate surface area is 167 Å². The number of methoxy groups -OCH3 is 1. The number of esters is 1. The van der Waals surface area contributed by atoms with Gasteiger partial charge in [-0.2, -0.15) is 0 Å². The highest BCUT2D eigenvalue weighted by Crippen LogP contribution is 2.43. The standard InChI is InChI=1S/C18H12Cl2FNO4S/c1-25-12-7-6-9-14(19)17(27-16(9)15(12)20)18(24)26-8-13(23)22-11-5-3-2-4-10(11)21/h2-7H,8H2,1H3,(H,22,23). The van der Waals surface area contributed by atoms with E-state index >= 15 is 0 Å². The fourth-order valence-electron chi connectivity index (χ4n) is 2.31. The zero-order valence-corrected chi connectivity index (χ0v) is 16.2. The topological polar surface area (TPSA) is 64.6 Å². The van der Waals surface area contributed by atoms with Crippen LogP contribution in [-0.4, -0.2) is 25.6 Å². The molecule has 0 aliphatic heterocycles. The maximum Gasteiger partial charge on any atom is 0.350 e. The molecule has 0 atom stereocenters. The molecule has 0 unspecified atom stereocenters. The number of halogens is 3. The zero-order valence-electron chi connectivity index (χ0n) is 13.8. The summed E-state index contributed by atoms with van der Waals surface area (Å²) in [7, 11) is 1.48. The highest BCUT2D eigenvalue weighted by molar-refractivity contribution is 7.22. The maximum atomic E-state index is 13.5. The van der Waals surface area contributed by atoms with Gasteiger partial charge in [-0.15, -0.1) is 11.3 Å². The van der Waals surface area contributed by atoms with E-state index in [1.165, 1.54) is 25.3 Å². The molecule has 3 rings (SSSR count). The molecule has 2 aromatic carbocycles. The molecule has 0 saturated heterocycles. The van der Waals surface area contributed by atoms with Crippen LogP contribution in [-0.2, 0) is 9.53 Å². The number of carbonyl (C=O) groups is 2. The molecule has 0 saturated carbocycles. The lowest BCUT2D eigenvalue weighted by Crippen LogP contribution is -2.21. The molecule has 0 radical (unpaired) electrons. The average Bonchev–Trinajstić information content (AvgIpc) is 3.00. The number of ether oxygens (including phenoxy) is 2. The van der Waals surface area contributed by atoms with E-state index in [-0.39, 0.29) is 15.6 Å². The number of amides is 1. The predicted octanol–water partition coefficient (Wildman–Crippen LogP) is 5.15. The Morgan fingerprint density at radius 2 is 1.89 bits per heavy atom. The van der Waals surface area contributed by atoms with Crippen LogP contribution >= 0.6 is 34.5 Å². The van der Waals surface area contributed by atoms with Gasteiger partial charge in [-0.1, -0.05) is 35.3 Å². The summed E-state index contributed by atoms with van der Waals surface area (Å²) < 4.78 is 24.2. The Morgan fingerprint density at radius 3 is 2.59 bits per heavy atom. The lowest BCUT2D eigenvalue weighted by Gasteiger charge is -2.06. The molecule has 3 aromatic rings. The van der Waals surface area contributed by atoms with E-state index in [4.69, 9.17) is 32.7 Å². The van der Waals surface area contributed by atoms with E-state index in [2.05, 4.69) is 5.32 Å². The third-order valence-electron chi connectivity index (χ3n) is 3.59. The molecule has 27 heavy (non-hydrogen) atoms. The first-order valence-electron chi connectivity index (χ1n) is 7.58. The van der Waals surface area contributed by atoms with E-state index in [1.54, 1.807) is 18.2 Å². The van der Waals surface area contributed by atoms with Crippen LogP contribution in [0.25, 0.3) is 10.1 Å². The number of para-hydroxylation sites is 1. The second-order valence-electron chi connectivity index (χ2n) is 5.31. The van der Waals surface area contributed by atoms with Gasteiger partial charge >= 0.3 is 5.97 Å². The highest BCUT2D eigenvalue weighted by Gasteiger charge is 2.22. The van der Waals surface area contributed by atoms with Crippen LogP contribution in [0.15, 0.2) is 36.4 Å². The van der Waals surface area contributed by atoms with Crippen LogP contribution in [0.1, 0.15) is 9.67 Å². The predicted molar refractivity (Wildman–Crippen MR) is 104 cm³/mol. The smallest absolute Gasteiger partial charge is 0.350 e. The fraction of sp³-hybridized carbons (Fsp3) is 0.111. The summed E-state index contributed by atoms with van der Waals surface area (Å²) in [4.78, 5) is 24.3. The van der Waals surface area contributed by atoms with Crippen LogP contribution in [0.5, 0.6) is 5.75 Å².